The molecule has 0 unspecified atom stereocenters. The largest absolute Gasteiger partial charge is 0.484 e. The maximum atomic E-state index is 13.9. The third kappa shape index (κ3) is 4.75. The van der Waals surface area contributed by atoms with Crippen molar-refractivity contribution >= 4 is 17.3 Å². The Balaban J connectivity index is 1.60. The lowest BCUT2D eigenvalue weighted by Crippen LogP contribution is -2.21. The molecule has 0 aliphatic carbocycles. The zero-order valence-corrected chi connectivity index (χ0v) is 15.3. The van der Waals surface area contributed by atoms with Crippen LogP contribution in [-0.2, 0) is 4.79 Å². The normalized spacial score (nSPS) is 13.9. The van der Waals surface area contributed by atoms with Crippen molar-refractivity contribution in [2.24, 2.45) is 0 Å². The fraction of sp³-hybridized carbons (Fsp3) is 0.381. The highest BCUT2D eigenvalue weighted by atomic mass is 19.1. The van der Waals surface area contributed by atoms with Gasteiger partial charge in [-0.2, -0.15) is 0 Å². The summed E-state index contributed by atoms with van der Waals surface area (Å²) in [5.41, 5.74) is 2.42. The van der Waals surface area contributed by atoms with Crippen molar-refractivity contribution in [3.05, 3.63) is 53.8 Å². The molecule has 0 spiro atoms. The summed E-state index contributed by atoms with van der Waals surface area (Å²) in [5, 5.41) is 2.72. The average Bonchev–Trinajstić information content (AvgIpc) is 3.14. The third-order valence-electron chi connectivity index (χ3n) is 4.53. The molecule has 2 aromatic carbocycles. The molecule has 1 N–H and O–H groups in total. The Bertz CT molecular complexity index is 770. The number of amides is 1. The minimum atomic E-state index is -0.352. The number of carbonyl (C=O) groups excluding carboxylic acids is 1. The molecule has 1 amide bonds. The van der Waals surface area contributed by atoms with Crippen molar-refractivity contribution in [3.63, 3.8) is 0 Å². The molecule has 1 aliphatic heterocycles. The SMILES string of the molecule is CC(C)c1cccc(OCC(=O)Nc2cc(F)cc(N3CCCC3)c2)c1. The van der Waals surface area contributed by atoms with Gasteiger partial charge in [-0.3, -0.25) is 4.79 Å². The van der Waals surface area contributed by atoms with Gasteiger partial charge in [0.05, 0.1) is 0 Å². The molecule has 4 nitrogen and oxygen atoms in total. The Kier molecular flexibility index (Phi) is 5.76. The predicted octanol–water partition coefficient (Wildman–Crippen LogP) is 4.57. The average molecular weight is 356 g/mol. The lowest BCUT2D eigenvalue weighted by molar-refractivity contribution is -0.118. The Hall–Kier alpha value is -2.56. The van der Waals surface area contributed by atoms with Crippen molar-refractivity contribution in [3.8, 4) is 5.75 Å². The number of ether oxygens (including phenoxy) is 1. The Morgan fingerprint density at radius 1 is 1.19 bits per heavy atom. The van der Waals surface area contributed by atoms with Gasteiger partial charge in [-0.1, -0.05) is 26.0 Å². The molecule has 0 atom stereocenters. The molecule has 5 heteroatoms. The van der Waals surface area contributed by atoms with Gasteiger partial charge in [0, 0.05) is 24.5 Å². The van der Waals surface area contributed by atoms with E-state index in [0.29, 0.717) is 17.4 Å². The summed E-state index contributed by atoms with van der Waals surface area (Å²) in [5.74, 6) is 0.389. The van der Waals surface area contributed by atoms with E-state index in [2.05, 4.69) is 24.1 Å². The summed E-state index contributed by atoms with van der Waals surface area (Å²) in [6.07, 6.45) is 2.23. The van der Waals surface area contributed by atoms with Crippen LogP contribution in [0, 0.1) is 5.82 Å². The van der Waals surface area contributed by atoms with Gasteiger partial charge in [0.1, 0.15) is 11.6 Å². The quantitative estimate of drug-likeness (QED) is 0.824. The number of rotatable bonds is 6. The molecular weight excluding hydrogens is 331 g/mol. The van der Waals surface area contributed by atoms with Gasteiger partial charge in [0.2, 0.25) is 0 Å². The van der Waals surface area contributed by atoms with Crippen LogP contribution in [0.5, 0.6) is 5.75 Å². The van der Waals surface area contributed by atoms with Crippen LogP contribution in [0.1, 0.15) is 38.2 Å². The van der Waals surface area contributed by atoms with Crippen LogP contribution in [0.2, 0.25) is 0 Å². The molecule has 1 heterocycles. The fourth-order valence-corrected chi connectivity index (χ4v) is 3.11. The number of nitrogens with one attached hydrogen (secondary N) is 1. The van der Waals surface area contributed by atoms with E-state index in [-0.39, 0.29) is 18.3 Å². The summed E-state index contributed by atoms with van der Waals surface area (Å²) in [6, 6.07) is 12.4. The summed E-state index contributed by atoms with van der Waals surface area (Å²) >= 11 is 0. The number of anilines is 2. The van der Waals surface area contributed by atoms with E-state index in [0.717, 1.165) is 37.2 Å². The standard InChI is InChI=1S/C21H25FN2O2/c1-15(2)16-6-5-7-20(10-16)26-14-21(25)23-18-11-17(22)12-19(13-18)24-8-3-4-9-24/h5-7,10-13,15H,3-4,8-9,14H2,1-2H3,(H,23,25). The molecule has 0 saturated carbocycles. The van der Waals surface area contributed by atoms with Crippen LogP contribution in [0.25, 0.3) is 0 Å². The topological polar surface area (TPSA) is 41.6 Å². The number of hydrogen-bond donors (Lipinski definition) is 1. The summed E-state index contributed by atoms with van der Waals surface area (Å²) in [6.45, 7) is 5.94. The second kappa shape index (κ2) is 8.21. The molecule has 26 heavy (non-hydrogen) atoms. The van der Waals surface area contributed by atoms with E-state index in [1.807, 2.05) is 30.3 Å². The van der Waals surface area contributed by atoms with E-state index >= 15 is 0 Å². The Morgan fingerprint density at radius 2 is 1.96 bits per heavy atom. The van der Waals surface area contributed by atoms with Gasteiger partial charge in [0.25, 0.3) is 5.91 Å². The monoisotopic (exact) mass is 356 g/mol. The van der Waals surface area contributed by atoms with Crippen molar-refractivity contribution in [1.82, 2.24) is 0 Å². The molecule has 3 rings (SSSR count). The number of hydrogen-bond acceptors (Lipinski definition) is 3. The van der Waals surface area contributed by atoms with E-state index in [1.165, 1.54) is 12.1 Å². The zero-order chi connectivity index (χ0) is 18.5. The number of benzene rings is 2. The van der Waals surface area contributed by atoms with Gasteiger partial charge in [-0.25, -0.2) is 4.39 Å². The number of carbonyl (C=O) groups is 1. The Labute approximate surface area is 154 Å². The second-order valence-corrected chi connectivity index (χ2v) is 6.96. The molecule has 0 bridgehead atoms. The minimum Gasteiger partial charge on any atom is -0.484 e. The summed E-state index contributed by atoms with van der Waals surface area (Å²) in [4.78, 5) is 14.3. The maximum absolute atomic E-state index is 13.9. The molecular formula is C21H25FN2O2. The number of nitrogens with zero attached hydrogens (tertiary/aromatic N) is 1. The van der Waals surface area contributed by atoms with Crippen LogP contribution < -0.4 is 15.0 Å². The molecule has 0 radical (unpaired) electrons. The van der Waals surface area contributed by atoms with E-state index < -0.39 is 0 Å². The smallest absolute Gasteiger partial charge is 0.262 e. The first-order valence-corrected chi connectivity index (χ1v) is 9.09. The highest BCUT2D eigenvalue weighted by Crippen LogP contribution is 2.25. The highest BCUT2D eigenvalue weighted by molar-refractivity contribution is 5.92. The van der Waals surface area contributed by atoms with Crippen molar-refractivity contribution in [2.45, 2.75) is 32.6 Å². The highest BCUT2D eigenvalue weighted by Gasteiger charge is 2.15. The van der Waals surface area contributed by atoms with Gasteiger partial charge in [-0.15, -0.1) is 0 Å². The number of halogens is 1. The lowest BCUT2D eigenvalue weighted by Gasteiger charge is -2.19. The first-order chi connectivity index (χ1) is 12.5. The molecule has 0 aromatic heterocycles. The van der Waals surface area contributed by atoms with Crippen LogP contribution in [0.4, 0.5) is 15.8 Å². The van der Waals surface area contributed by atoms with Gasteiger partial charge >= 0.3 is 0 Å². The van der Waals surface area contributed by atoms with E-state index in [9.17, 15) is 9.18 Å². The van der Waals surface area contributed by atoms with Crippen molar-refractivity contribution in [1.29, 1.82) is 0 Å². The van der Waals surface area contributed by atoms with Gasteiger partial charge in [-0.05, 0) is 54.7 Å². The molecule has 2 aromatic rings. The minimum absolute atomic E-state index is 0.114. The van der Waals surface area contributed by atoms with Crippen LogP contribution >= 0.6 is 0 Å². The zero-order valence-electron chi connectivity index (χ0n) is 15.3. The van der Waals surface area contributed by atoms with Crippen molar-refractivity contribution < 1.29 is 13.9 Å². The first kappa shape index (κ1) is 18.2. The van der Waals surface area contributed by atoms with Crippen molar-refractivity contribution in [2.75, 3.05) is 29.9 Å². The molecule has 1 saturated heterocycles. The van der Waals surface area contributed by atoms with Gasteiger partial charge < -0.3 is 15.0 Å². The maximum Gasteiger partial charge on any atom is 0.262 e. The fourth-order valence-electron chi connectivity index (χ4n) is 3.11. The summed E-state index contributed by atoms with van der Waals surface area (Å²) < 4.78 is 19.5. The van der Waals surface area contributed by atoms with E-state index in [4.69, 9.17) is 4.74 Å². The second-order valence-electron chi connectivity index (χ2n) is 6.96. The third-order valence-corrected chi connectivity index (χ3v) is 4.53. The van der Waals surface area contributed by atoms with Crippen LogP contribution in [0.15, 0.2) is 42.5 Å². The molecule has 1 fully saturated rings. The first-order valence-electron chi connectivity index (χ1n) is 9.09. The van der Waals surface area contributed by atoms with Gasteiger partial charge in [0.15, 0.2) is 6.61 Å². The molecule has 1 aliphatic rings. The van der Waals surface area contributed by atoms with E-state index in [1.54, 1.807) is 0 Å². The molecule has 138 valence electrons. The van der Waals surface area contributed by atoms with Crippen LogP contribution in [0.3, 0.4) is 0 Å². The summed E-state index contributed by atoms with van der Waals surface area (Å²) in [7, 11) is 0. The Morgan fingerprint density at radius 3 is 2.69 bits per heavy atom. The van der Waals surface area contributed by atoms with Crippen LogP contribution in [-0.4, -0.2) is 25.6 Å². The predicted molar refractivity (Wildman–Crippen MR) is 103 cm³/mol. The lowest BCUT2D eigenvalue weighted by atomic mass is 10.0.